The number of fused-ring (bicyclic) bond motifs is 1. The van der Waals surface area contributed by atoms with Gasteiger partial charge in [-0.15, -0.1) is 0 Å². The van der Waals surface area contributed by atoms with Gasteiger partial charge in [0.25, 0.3) is 0 Å². The molecule has 2 rings (SSSR count). The van der Waals surface area contributed by atoms with Crippen LogP contribution in [0.4, 0.5) is 0 Å². The van der Waals surface area contributed by atoms with Gasteiger partial charge in [-0.2, -0.15) is 0 Å². The Bertz CT molecular complexity index is 474. The first-order valence-electron chi connectivity index (χ1n) is 6.02. The minimum atomic E-state index is -0.985. The Morgan fingerprint density at radius 2 is 2.00 bits per heavy atom. The first-order valence-corrected chi connectivity index (χ1v) is 6.02. The van der Waals surface area contributed by atoms with Crippen LogP contribution in [0.1, 0.15) is 12.8 Å². The van der Waals surface area contributed by atoms with Gasteiger partial charge in [0.1, 0.15) is 12.7 Å². The van der Waals surface area contributed by atoms with Crippen molar-refractivity contribution in [2.24, 2.45) is 0 Å². The van der Waals surface area contributed by atoms with Crippen molar-refractivity contribution >= 4 is 11.9 Å². The zero-order valence-corrected chi connectivity index (χ0v) is 10.3. The molecule has 0 bridgehead atoms. The van der Waals surface area contributed by atoms with Crippen molar-refractivity contribution in [3.05, 3.63) is 24.3 Å². The van der Waals surface area contributed by atoms with Crippen molar-refractivity contribution in [1.29, 1.82) is 0 Å². The van der Waals surface area contributed by atoms with Gasteiger partial charge in [0.05, 0.1) is 13.0 Å². The van der Waals surface area contributed by atoms with Crippen LogP contribution < -0.4 is 14.8 Å². The fourth-order valence-electron chi connectivity index (χ4n) is 1.70. The van der Waals surface area contributed by atoms with Crippen molar-refractivity contribution in [3.63, 3.8) is 0 Å². The van der Waals surface area contributed by atoms with Crippen LogP contribution in [-0.2, 0) is 9.59 Å². The zero-order valence-electron chi connectivity index (χ0n) is 10.3. The Morgan fingerprint density at radius 3 is 2.74 bits per heavy atom. The van der Waals surface area contributed by atoms with E-state index in [1.807, 2.05) is 18.2 Å². The maximum atomic E-state index is 11.4. The average Bonchev–Trinajstić information content (AvgIpc) is 2.42. The molecule has 19 heavy (non-hydrogen) atoms. The number of hydrogen-bond donors (Lipinski definition) is 2. The van der Waals surface area contributed by atoms with E-state index in [-0.39, 0.29) is 24.9 Å². The summed E-state index contributed by atoms with van der Waals surface area (Å²) in [6.07, 6.45) is -0.459. The van der Waals surface area contributed by atoms with Gasteiger partial charge in [0.2, 0.25) is 5.91 Å². The highest BCUT2D eigenvalue weighted by Gasteiger charge is 2.20. The summed E-state index contributed by atoms with van der Waals surface area (Å²) in [5, 5.41) is 11.1. The van der Waals surface area contributed by atoms with Crippen LogP contribution in [0.2, 0.25) is 0 Å². The highest BCUT2D eigenvalue weighted by atomic mass is 16.6. The molecule has 1 aliphatic rings. The van der Waals surface area contributed by atoms with E-state index in [9.17, 15) is 9.59 Å². The average molecular weight is 265 g/mol. The molecule has 1 heterocycles. The molecule has 0 aromatic heterocycles. The minimum absolute atomic E-state index is 0.0283. The molecular formula is C13H15NO5. The van der Waals surface area contributed by atoms with Gasteiger partial charge in [-0.1, -0.05) is 12.1 Å². The zero-order chi connectivity index (χ0) is 13.7. The van der Waals surface area contributed by atoms with Gasteiger partial charge in [0, 0.05) is 6.42 Å². The van der Waals surface area contributed by atoms with Crippen LogP contribution in [0.15, 0.2) is 24.3 Å². The molecule has 0 spiro atoms. The van der Waals surface area contributed by atoms with Crippen molar-refractivity contribution in [3.8, 4) is 11.5 Å². The van der Waals surface area contributed by atoms with Gasteiger partial charge in [-0.05, 0) is 12.1 Å². The van der Waals surface area contributed by atoms with Gasteiger partial charge in [-0.25, -0.2) is 0 Å². The number of hydrogen-bond acceptors (Lipinski definition) is 4. The van der Waals surface area contributed by atoms with Gasteiger partial charge < -0.3 is 19.9 Å². The molecule has 102 valence electrons. The number of rotatable bonds is 5. The van der Waals surface area contributed by atoms with Crippen LogP contribution in [0.3, 0.4) is 0 Å². The predicted molar refractivity (Wildman–Crippen MR) is 66.2 cm³/mol. The molecule has 0 saturated heterocycles. The Labute approximate surface area is 110 Å². The molecule has 1 amide bonds. The van der Waals surface area contributed by atoms with Crippen LogP contribution in [-0.4, -0.2) is 36.2 Å². The fraction of sp³-hybridized carbons (Fsp3) is 0.385. The fourth-order valence-corrected chi connectivity index (χ4v) is 1.70. The molecular weight excluding hydrogens is 250 g/mol. The summed E-state index contributed by atoms with van der Waals surface area (Å²) >= 11 is 0. The number of carbonyl (C=O) groups is 2. The molecule has 1 aromatic carbocycles. The summed E-state index contributed by atoms with van der Waals surface area (Å²) in [7, 11) is 0. The Balaban J connectivity index is 1.76. The lowest BCUT2D eigenvalue weighted by molar-refractivity contribution is -0.138. The highest BCUT2D eigenvalue weighted by Crippen LogP contribution is 2.30. The van der Waals surface area contributed by atoms with E-state index in [1.165, 1.54) is 0 Å². The van der Waals surface area contributed by atoms with Crippen molar-refractivity contribution in [1.82, 2.24) is 5.32 Å². The highest BCUT2D eigenvalue weighted by molar-refractivity contribution is 5.80. The van der Waals surface area contributed by atoms with Crippen molar-refractivity contribution < 1.29 is 24.2 Å². The van der Waals surface area contributed by atoms with Gasteiger partial charge >= 0.3 is 5.97 Å². The summed E-state index contributed by atoms with van der Waals surface area (Å²) in [5.74, 6) is 0.0562. The molecule has 1 aromatic rings. The topological polar surface area (TPSA) is 84.9 Å². The molecule has 0 saturated carbocycles. The predicted octanol–water partition coefficient (Wildman–Crippen LogP) is 0.807. The number of carbonyl (C=O) groups excluding carboxylic acids is 1. The molecule has 1 aliphatic heterocycles. The normalized spacial score (nSPS) is 16.7. The van der Waals surface area contributed by atoms with Crippen molar-refractivity contribution in [2.45, 2.75) is 18.9 Å². The number of nitrogens with one attached hydrogen (secondary N) is 1. The van der Waals surface area contributed by atoms with Crippen molar-refractivity contribution in [2.75, 3.05) is 13.2 Å². The molecule has 0 radical (unpaired) electrons. The smallest absolute Gasteiger partial charge is 0.303 e. The lowest BCUT2D eigenvalue weighted by Crippen LogP contribution is -2.40. The standard InChI is InChI=1S/C13H15NO5/c15-12(5-6-13(16)17)14-7-9-8-18-10-3-1-2-4-11(10)19-9/h1-4,9H,5-8H2,(H,14,15)(H,16,17)/t9-/m1/s1. The molecule has 0 unspecified atom stereocenters. The minimum Gasteiger partial charge on any atom is -0.486 e. The third-order valence-corrected chi connectivity index (χ3v) is 2.66. The summed E-state index contributed by atoms with van der Waals surface area (Å²) in [6, 6.07) is 7.32. The monoisotopic (exact) mass is 265 g/mol. The second-order valence-corrected chi connectivity index (χ2v) is 4.20. The van der Waals surface area contributed by atoms with E-state index < -0.39 is 5.97 Å². The second kappa shape index (κ2) is 6.08. The van der Waals surface area contributed by atoms with Crippen LogP contribution in [0.5, 0.6) is 11.5 Å². The number of amides is 1. The van der Waals surface area contributed by atoms with Gasteiger partial charge in [0.15, 0.2) is 11.5 Å². The second-order valence-electron chi connectivity index (χ2n) is 4.20. The quantitative estimate of drug-likeness (QED) is 0.822. The molecule has 6 nitrogen and oxygen atoms in total. The molecule has 0 aliphatic carbocycles. The molecule has 6 heteroatoms. The maximum absolute atomic E-state index is 11.4. The third-order valence-electron chi connectivity index (χ3n) is 2.66. The van der Waals surface area contributed by atoms with Gasteiger partial charge in [-0.3, -0.25) is 9.59 Å². The SMILES string of the molecule is O=C(O)CCC(=O)NC[C@@H]1COc2ccccc2O1. The molecule has 2 N–H and O–H groups in total. The lowest BCUT2D eigenvalue weighted by atomic mass is 10.2. The largest absolute Gasteiger partial charge is 0.486 e. The first kappa shape index (κ1) is 13.2. The number of benzene rings is 1. The number of para-hydroxylation sites is 2. The Morgan fingerprint density at radius 1 is 1.26 bits per heavy atom. The van der Waals surface area contributed by atoms with E-state index >= 15 is 0 Å². The van der Waals surface area contributed by atoms with E-state index in [4.69, 9.17) is 14.6 Å². The van der Waals surface area contributed by atoms with E-state index in [2.05, 4.69) is 5.32 Å². The summed E-state index contributed by atoms with van der Waals surface area (Å²) in [5.41, 5.74) is 0. The summed E-state index contributed by atoms with van der Waals surface area (Å²) in [6.45, 7) is 0.656. The molecule has 0 fully saturated rings. The van der Waals surface area contributed by atoms with Crippen LogP contribution >= 0.6 is 0 Å². The number of ether oxygens (including phenoxy) is 2. The van der Waals surface area contributed by atoms with E-state index in [1.54, 1.807) is 6.07 Å². The Hall–Kier alpha value is -2.24. The van der Waals surface area contributed by atoms with E-state index in [0.29, 0.717) is 24.7 Å². The molecule has 1 atom stereocenters. The lowest BCUT2D eigenvalue weighted by Gasteiger charge is -2.26. The van der Waals surface area contributed by atoms with Crippen LogP contribution in [0, 0.1) is 0 Å². The number of carboxylic acids is 1. The first-order chi connectivity index (χ1) is 9.15. The number of aliphatic carboxylic acids is 1. The third kappa shape index (κ3) is 3.87. The van der Waals surface area contributed by atoms with Crippen LogP contribution in [0.25, 0.3) is 0 Å². The summed E-state index contributed by atoms with van der Waals surface area (Å²) < 4.78 is 11.1. The Kier molecular flexibility index (Phi) is 4.22. The maximum Gasteiger partial charge on any atom is 0.303 e. The number of carboxylic acid groups (broad SMARTS) is 1. The summed E-state index contributed by atoms with van der Waals surface area (Å²) in [4.78, 5) is 21.7. The van der Waals surface area contributed by atoms with E-state index in [0.717, 1.165) is 0 Å².